The summed E-state index contributed by atoms with van der Waals surface area (Å²) in [5.74, 6) is -0.0659. The number of aliphatic hydroxyl groups is 1. The Hall–Kier alpha value is -2.24. The Labute approximate surface area is 221 Å². The van der Waals surface area contributed by atoms with Crippen molar-refractivity contribution in [1.29, 1.82) is 0 Å². The molecule has 1 heterocycles. The molecule has 0 spiro atoms. The number of ether oxygens (including phenoxy) is 3. The van der Waals surface area contributed by atoms with Crippen molar-refractivity contribution in [2.24, 2.45) is 17.6 Å². The summed E-state index contributed by atoms with van der Waals surface area (Å²) in [5, 5.41) is 16.5. The third-order valence-electron chi connectivity index (χ3n) is 6.54. The SMILES string of the molecule is COCCCOc1ccccc1C(=O)NC[C@@H](C)C[C@H](N)[C@@H](O)C[C@H](C)C(=O)NCCN1CCOCC1. The lowest BCUT2D eigenvalue weighted by atomic mass is 9.92. The Morgan fingerprint density at radius 2 is 1.86 bits per heavy atom. The third-order valence-corrected chi connectivity index (χ3v) is 6.54. The van der Waals surface area contributed by atoms with E-state index in [2.05, 4.69) is 15.5 Å². The van der Waals surface area contributed by atoms with Gasteiger partial charge in [-0.1, -0.05) is 26.0 Å². The van der Waals surface area contributed by atoms with Gasteiger partial charge in [0.25, 0.3) is 5.91 Å². The van der Waals surface area contributed by atoms with E-state index in [-0.39, 0.29) is 30.1 Å². The summed E-state index contributed by atoms with van der Waals surface area (Å²) in [4.78, 5) is 27.4. The zero-order valence-corrected chi connectivity index (χ0v) is 22.6. The number of nitrogens with two attached hydrogens (primary N) is 1. The lowest BCUT2D eigenvalue weighted by Crippen LogP contribution is -2.43. The largest absolute Gasteiger partial charge is 0.493 e. The predicted molar refractivity (Wildman–Crippen MR) is 143 cm³/mol. The van der Waals surface area contributed by atoms with Gasteiger partial charge in [0, 0.05) is 64.8 Å². The Morgan fingerprint density at radius 1 is 1.14 bits per heavy atom. The second-order valence-electron chi connectivity index (χ2n) is 9.85. The zero-order valence-electron chi connectivity index (χ0n) is 22.6. The van der Waals surface area contributed by atoms with E-state index < -0.39 is 12.1 Å². The van der Waals surface area contributed by atoms with Gasteiger partial charge in [-0.3, -0.25) is 14.5 Å². The summed E-state index contributed by atoms with van der Waals surface area (Å²) in [6.07, 6.45) is 0.733. The first-order valence-electron chi connectivity index (χ1n) is 13.3. The quantitative estimate of drug-likeness (QED) is 0.223. The molecule has 0 saturated carbocycles. The predicted octanol–water partition coefficient (Wildman–Crippen LogP) is 1.02. The topological polar surface area (TPSA) is 135 Å². The minimum Gasteiger partial charge on any atom is -0.493 e. The van der Waals surface area contributed by atoms with E-state index in [4.69, 9.17) is 19.9 Å². The highest BCUT2D eigenvalue weighted by molar-refractivity contribution is 5.96. The van der Waals surface area contributed by atoms with Gasteiger partial charge in [0.2, 0.25) is 5.91 Å². The van der Waals surface area contributed by atoms with Crippen LogP contribution in [0.1, 0.15) is 43.5 Å². The number of carbonyl (C=O) groups is 2. The number of rotatable bonds is 17. The Kier molecular flexibility index (Phi) is 14.5. The van der Waals surface area contributed by atoms with Gasteiger partial charge >= 0.3 is 0 Å². The van der Waals surface area contributed by atoms with E-state index in [0.717, 1.165) is 39.3 Å². The molecule has 1 aromatic carbocycles. The van der Waals surface area contributed by atoms with Crippen molar-refractivity contribution >= 4 is 11.8 Å². The number of aliphatic hydroxyl groups excluding tert-OH is 1. The molecule has 10 nitrogen and oxygen atoms in total. The smallest absolute Gasteiger partial charge is 0.255 e. The Balaban J connectivity index is 1.69. The number of amides is 2. The van der Waals surface area contributed by atoms with Gasteiger partial charge in [0.15, 0.2) is 0 Å². The molecule has 2 rings (SSSR count). The molecule has 0 bridgehead atoms. The molecule has 1 saturated heterocycles. The first kappa shape index (κ1) is 31.0. The van der Waals surface area contributed by atoms with Gasteiger partial charge in [0.05, 0.1) is 31.5 Å². The summed E-state index contributed by atoms with van der Waals surface area (Å²) in [5.41, 5.74) is 6.72. The molecule has 1 aliphatic heterocycles. The number of nitrogens with zero attached hydrogens (tertiary/aromatic N) is 1. The molecule has 4 atom stereocenters. The monoisotopic (exact) mass is 522 g/mol. The Bertz CT molecular complexity index is 805. The highest BCUT2D eigenvalue weighted by atomic mass is 16.5. The lowest BCUT2D eigenvalue weighted by molar-refractivity contribution is -0.125. The fraction of sp³-hybridized carbons (Fsp3) is 0.704. The number of hydrogen-bond acceptors (Lipinski definition) is 8. The number of nitrogens with one attached hydrogen (secondary N) is 2. The van der Waals surface area contributed by atoms with E-state index in [1.165, 1.54) is 0 Å². The number of carbonyl (C=O) groups excluding carboxylic acids is 2. The van der Waals surface area contributed by atoms with Gasteiger partial charge < -0.3 is 35.7 Å². The van der Waals surface area contributed by atoms with Gasteiger partial charge in [-0.05, 0) is 30.9 Å². The summed E-state index contributed by atoms with van der Waals surface area (Å²) >= 11 is 0. The van der Waals surface area contributed by atoms with Crippen LogP contribution < -0.4 is 21.1 Å². The molecular formula is C27H46N4O6. The van der Waals surface area contributed by atoms with Crippen LogP contribution in [0.3, 0.4) is 0 Å². The van der Waals surface area contributed by atoms with E-state index in [1.807, 2.05) is 13.0 Å². The van der Waals surface area contributed by atoms with E-state index in [1.54, 1.807) is 32.2 Å². The van der Waals surface area contributed by atoms with Crippen molar-refractivity contribution in [2.75, 3.05) is 66.3 Å². The lowest BCUT2D eigenvalue weighted by Gasteiger charge is -2.27. The molecule has 0 aromatic heterocycles. The highest BCUT2D eigenvalue weighted by Crippen LogP contribution is 2.19. The fourth-order valence-electron chi connectivity index (χ4n) is 4.21. The van der Waals surface area contributed by atoms with E-state index >= 15 is 0 Å². The number of methoxy groups -OCH3 is 1. The second-order valence-corrected chi connectivity index (χ2v) is 9.85. The molecule has 1 aromatic rings. The molecule has 5 N–H and O–H groups in total. The van der Waals surface area contributed by atoms with Gasteiger partial charge in [-0.25, -0.2) is 0 Å². The van der Waals surface area contributed by atoms with E-state index in [0.29, 0.717) is 44.0 Å². The molecule has 1 aliphatic rings. The maximum atomic E-state index is 12.7. The minimum atomic E-state index is -0.806. The maximum Gasteiger partial charge on any atom is 0.255 e. The van der Waals surface area contributed by atoms with Crippen molar-refractivity contribution in [3.05, 3.63) is 29.8 Å². The minimum absolute atomic E-state index is 0.0426. The fourth-order valence-corrected chi connectivity index (χ4v) is 4.21. The van der Waals surface area contributed by atoms with Crippen LogP contribution >= 0.6 is 0 Å². The average Bonchev–Trinajstić information content (AvgIpc) is 2.90. The van der Waals surface area contributed by atoms with Gasteiger partial charge in [0.1, 0.15) is 5.75 Å². The first-order valence-corrected chi connectivity index (χ1v) is 13.3. The van der Waals surface area contributed by atoms with Crippen LogP contribution in [-0.2, 0) is 14.3 Å². The van der Waals surface area contributed by atoms with Crippen LogP contribution in [0, 0.1) is 11.8 Å². The van der Waals surface area contributed by atoms with Crippen molar-refractivity contribution in [3.8, 4) is 5.75 Å². The highest BCUT2D eigenvalue weighted by Gasteiger charge is 2.24. The molecule has 37 heavy (non-hydrogen) atoms. The summed E-state index contributed by atoms with van der Waals surface area (Å²) < 4.78 is 16.1. The zero-order chi connectivity index (χ0) is 27.0. The van der Waals surface area contributed by atoms with Crippen LogP contribution in [-0.4, -0.2) is 100 Å². The summed E-state index contributed by atoms with van der Waals surface area (Å²) in [7, 11) is 1.64. The van der Waals surface area contributed by atoms with Crippen molar-refractivity contribution < 1.29 is 28.9 Å². The average molecular weight is 523 g/mol. The number of morpholine rings is 1. The summed E-state index contributed by atoms with van der Waals surface area (Å²) in [6, 6.07) is 6.64. The van der Waals surface area contributed by atoms with Crippen molar-refractivity contribution in [2.45, 2.75) is 45.3 Å². The second kappa shape index (κ2) is 17.3. The van der Waals surface area contributed by atoms with Crippen molar-refractivity contribution in [1.82, 2.24) is 15.5 Å². The standard InChI is InChI=1S/C27H46N4O6/c1-20(19-30-27(34)22-7-4-5-8-25(22)37-14-6-13-35-3)17-23(28)24(32)18-21(2)26(33)29-9-10-31-11-15-36-16-12-31/h4-5,7-8,20-21,23-24,32H,6,9-19,28H2,1-3H3,(H,29,33)(H,30,34)/t20-,21-,23-,24-/m0/s1. The molecule has 0 unspecified atom stereocenters. The van der Waals surface area contributed by atoms with Crippen LogP contribution in [0.2, 0.25) is 0 Å². The molecule has 1 fully saturated rings. The summed E-state index contributed by atoms with van der Waals surface area (Å²) in [6.45, 7) is 9.83. The van der Waals surface area contributed by atoms with Crippen molar-refractivity contribution in [3.63, 3.8) is 0 Å². The van der Waals surface area contributed by atoms with Crippen LogP contribution in [0.5, 0.6) is 5.75 Å². The van der Waals surface area contributed by atoms with Crippen LogP contribution in [0.15, 0.2) is 24.3 Å². The molecular weight excluding hydrogens is 476 g/mol. The van der Waals surface area contributed by atoms with E-state index in [9.17, 15) is 14.7 Å². The van der Waals surface area contributed by atoms with Crippen LogP contribution in [0.25, 0.3) is 0 Å². The molecule has 210 valence electrons. The number of para-hydroxylation sites is 1. The van der Waals surface area contributed by atoms with Gasteiger partial charge in [-0.15, -0.1) is 0 Å². The first-order chi connectivity index (χ1) is 17.8. The molecule has 2 amide bonds. The molecule has 10 heteroatoms. The number of benzene rings is 1. The number of hydrogen-bond donors (Lipinski definition) is 4. The normalized spacial score (nSPS) is 17.4. The van der Waals surface area contributed by atoms with Gasteiger partial charge in [-0.2, -0.15) is 0 Å². The van der Waals surface area contributed by atoms with Crippen LogP contribution in [0.4, 0.5) is 0 Å². The maximum absolute atomic E-state index is 12.7. The molecule has 0 radical (unpaired) electrons. The Morgan fingerprint density at radius 3 is 2.59 bits per heavy atom. The third kappa shape index (κ3) is 11.8. The molecule has 0 aliphatic carbocycles.